The highest BCUT2D eigenvalue weighted by molar-refractivity contribution is 6.27. The van der Waals surface area contributed by atoms with Crippen molar-refractivity contribution in [3.8, 4) is 0 Å². The fourth-order valence-electron chi connectivity index (χ4n) is 1.20. The molecule has 0 aliphatic rings. The largest absolute Gasteiger partial charge is 0.473 e. The first-order valence-corrected chi connectivity index (χ1v) is 4.85. The normalized spacial score (nSPS) is 9.61. The van der Waals surface area contributed by atoms with Gasteiger partial charge in [0.2, 0.25) is 0 Å². The molecule has 0 saturated heterocycles. The van der Waals surface area contributed by atoms with E-state index in [4.69, 9.17) is 29.4 Å². The maximum Gasteiger partial charge on any atom is 0.414 e. The molecule has 0 spiro atoms. The molecule has 1 aromatic heterocycles. The molecule has 1 heterocycles. The third kappa shape index (κ3) is 3.89. The molecule has 0 fully saturated rings. The van der Waals surface area contributed by atoms with Crippen molar-refractivity contribution in [2.75, 3.05) is 0 Å². The van der Waals surface area contributed by atoms with Gasteiger partial charge in [-0.05, 0) is 12.1 Å². The van der Waals surface area contributed by atoms with Crippen molar-refractivity contribution in [1.29, 1.82) is 0 Å². The van der Waals surface area contributed by atoms with Gasteiger partial charge in [-0.15, -0.1) is 0 Å². The quantitative estimate of drug-likeness (QED) is 0.466. The monoisotopic (exact) mass is 253 g/mol. The van der Waals surface area contributed by atoms with Crippen molar-refractivity contribution < 1.29 is 29.4 Å². The SMILES string of the molecule is O=C(O)C(=O)O.ONCc1cc2ccccc2o1. The first-order valence-electron chi connectivity index (χ1n) is 4.85. The van der Waals surface area contributed by atoms with Crippen LogP contribution >= 0.6 is 0 Å². The number of aliphatic carboxylic acids is 2. The fraction of sp³-hybridized carbons (Fsp3) is 0.0909. The molecule has 0 atom stereocenters. The van der Waals surface area contributed by atoms with Gasteiger partial charge in [0.15, 0.2) is 0 Å². The van der Waals surface area contributed by atoms with Crippen LogP contribution in [0.4, 0.5) is 0 Å². The molecule has 0 radical (unpaired) electrons. The third-order valence-corrected chi connectivity index (χ3v) is 1.91. The van der Waals surface area contributed by atoms with Crippen LogP contribution in [0.15, 0.2) is 34.7 Å². The first kappa shape index (κ1) is 13.7. The van der Waals surface area contributed by atoms with E-state index in [1.54, 1.807) is 0 Å². The zero-order valence-electron chi connectivity index (χ0n) is 9.16. The van der Waals surface area contributed by atoms with E-state index in [0.29, 0.717) is 6.54 Å². The van der Waals surface area contributed by atoms with Gasteiger partial charge >= 0.3 is 11.9 Å². The second kappa shape index (κ2) is 6.38. The van der Waals surface area contributed by atoms with Gasteiger partial charge in [0, 0.05) is 5.39 Å². The van der Waals surface area contributed by atoms with Crippen LogP contribution < -0.4 is 5.48 Å². The lowest BCUT2D eigenvalue weighted by Crippen LogP contribution is -2.09. The molecule has 0 amide bonds. The van der Waals surface area contributed by atoms with Gasteiger partial charge in [0.1, 0.15) is 11.3 Å². The van der Waals surface area contributed by atoms with E-state index >= 15 is 0 Å². The number of nitrogens with one attached hydrogen (secondary N) is 1. The summed E-state index contributed by atoms with van der Waals surface area (Å²) in [5, 5.41) is 24.3. The molecule has 2 aromatic rings. The number of carboxylic acids is 2. The van der Waals surface area contributed by atoms with Crippen LogP contribution in [0.1, 0.15) is 5.76 Å². The van der Waals surface area contributed by atoms with E-state index in [2.05, 4.69) is 5.48 Å². The van der Waals surface area contributed by atoms with E-state index in [0.717, 1.165) is 16.7 Å². The summed E-state index contributed by atoms with van der Waals surface area (Å²) < 4.78 is 5.39. The minimum atomic E-state index is -1.82. The van der Waals surface area contributed by atoms with Crippen molar-refractivity contribution in [1.82, 2.24) is 5.48 Å². The molecule has 7 nitrogen and oxygen atoms in total. The minimum absolute atomic E-state index is 0.342. The molecule has 0 unspecified atom stereocenters. The highest BCUT2D eigenvalue weighted by atomic mass is 16.5. The molecule has 4 N–H and O–H groups in total. The molecule has 0 saturated carbocycles. The Morgan fingerprint density at radius 2 is 1.78 bits per heavy atom. The standard InChI is InChI=1S/C9H9NO2.C2H2O4/c11-10-6-8-5-7-3-1-2-4-9(7)12-8;3-1(4)2(5)6/h1-5,10-11H,6H2;(H,3,4)(H,5,6). The predicted octanol–water partition coefficient (Wildman–Crippen LogP) is 1.07. The number of hydroxylamine groups is 1. The van der Waals surface area contributed by atoms with Crippen molar-refractivity contribution in [3.05, 3.63) is 36.1 Å². The molecular weight excluding hydrogens is 242 g/mol. The third-order valence-electron chi connectivity index (χ3n) is 1.91. The number of carboxylic acid groups (broad SMARTS) is 2. The van der Waals surface area contributed by atoms with E-state index < -0.39 is 11.9 Å². The van der Waals surface area contributed by atoms with Gasteiger partial charge in [-0.3, -0.25) is 0 Å². The first-order chi connectivity index (χ1) is 8.54. The highest BCUT2D eigenvalue weighted by Crippen LogP contribution is 2.18. The molecule has 0 aliphatic heterocycles. The zero-order chi connectivity index (χ0) is 13.5. The summed E-state index contributed by atoms with van der Waals surface area (Å²) in [4.78, 5) is 18.2. The number of carbonyl (C=O) groups is 2. The Bertz CT molecular complexity index is 502. The lowest BCUT2D eigenvalue weighted by atomic mass is 10.2. The van der Waals surface area contributed by atoms with Crippen LogP contribution in [0.3, 0.4) is 0 Å². The molecule has 7 heteroatoms. The lowest BCUT2D eigenvalue weighted by molar-refractivity contribution is -0.159. The minimum Gasteiger partial charge on any atom is -0.473 e. The summed E-state index contributed by atoms with van der Waals surface area (Å²) in [6, 6.07) is 9.64. The zero-order valence-corrected chi connectivity index (χ0v) is 9.16. The van der Waals surface area contributed by atoms with Crippen LogP contribution in [0.5, 0.6) is 0 Å². The Labute approximate surface area is 101 Å². The number of fused-ring (bicyclic) bond motifs is 1. The van der Waals surface area contributed by atoms with Crippen molar-refractivity contribution in [2.24, 2.45) is 0 Å². The second-order valence-corrected chi connectivity index (χ2v) is 3.20. The number of rotatable bonds is 2. The maximum atomic E-state index is 9.10. The molecule has 0 aliphatic carbocycles. The Morgan fingerprint density at radius 3 is 2.28 bits per heavy atom. The van der Waals surface area contributed by atoms with Gasteiger partial charge in [-0.2, -0.15) is 5.48 Å². The van der Waals surface area contributed by atoms with Crippen LogP contribution in [0.25, 0.3) is 11.0 Å². The smallest absolute Gasteiger partial charge is 0.414 e. The maximum absolute atomic E-state index is 9.10. The predicted molar refractivity (Wildman–Crippen MR) is 60.1 cm³/mol. The number of para-hydroxylation sites is 1. The number of benzene rings is 1. The summed E-state index contributed by atoms with van der Waals surface area (Å²) in [7, 11) is 0. The van der Waals surface area contributed by atoms with Gasteiger partial charge in [0.05, 0.1) is 6.54 Å². The highest BCUT2D eigenvalue weighted by Gasteiger charge is 2.04. The van der Waals surface area contributed by atoms with Gasteiger partial charge < -0.3 is 19.8 Å². The summed E-state index contributed by atoms with van der Waals surface area (Å²) in [6.45, 7) is 0.342. The molecule has 2 rings (SSSR count). The fourth-order valence-corrected chi connectivity index (χ4v) is 1.20. The van der Waals surface area contributed by atoms with Crippen LogP contribution in [0, 0.1) is 0 Å². The van der Waals surface area contributed by atoms with Crippen molar-refractivity contribution in [2.45, 2.75) is 6.54 Å². The van der Waals surface area contributed by atoms with E-state index in [1.807, 2.05) is 30.3 Å². The van der Waals surface area contributed by atoms with E-state index in [9.17, 15) is 0 Å². The number of hydrogen-bond donors (Lipinski definition) is 4. The molecule has 0 bridgehead atoms. The van der Waals surface area contributed by atoms with Crippen LogP contribution in [-0.2, 0) is 16.1 Å². The summed E-state index contributed by atoms with van der Waals surface area (Å²) in [6.07, 6.45) is 0. The summed E-state index contributed by atoms with van der Waals surface area (Å²) in [5.41, 5.74) is 2.90. The molecule has 1 aromatic carbocycles. The average Bonchev–Trinajstić information content (AvgIpc) is 2.72. The molecule has 96 valence electrons. The molecular formula is C11H11NO6. The van der Waals surface area contributed by atoms with Crippen molar-refractivity contribution in [3.63, 3.8) is 0 Å². The van der Waals surface area contributed by atoms with Crippen molar-refractivity contribution >= 4 is 22.9 Å². The topological polar surface area (TPSA) is 120 Å². The number of hydrogen-bond acceptors (Lipinski definition) is 5. The molecule has 18 heavy (non-hydrogen) atoms. The van der Waals surface area contributed by atoms with Gasteiger partial charge in [-0.1, -0.05) is 18.2 Å². The Morgan fingerprint density at radius 1 is 1.17 bits per heavy atom. The van der Waals surface area contributed by atoms with Crippen LogP contribution in [-0.4, -0.2) is 27.4 Å². The summed E-state index contributed by atoms with van der Waals surface area (Å²) >= 11 is 0. The van der Waals surface area contributed by atoms with Gasteiger partial charge in [-0.25, -0.2) is 9.59 Å². The van der Waals surface area contributed by atoms with Crippen LogP contribution in [0.2, 0.25) is 0 Å². The van der Waals surface area contributed by atoms with E-state index in [1.165, 1.54) is 0 Å². The average molecular weight is 253 g/mol. The van der Waals surface area contributed by atoms with Gasteiger partial charge in [0.25, 0.3) is 0 Å². The Balaban J connectivity index is 0.000000232. The number of furan rings is 1. The van der Waals surface area contributed by atoms with E-state index in [-0.39, 0.29) is 0 Å². The Kier molecular flexibility index (Phi) is 4.85. The second-order valence-electron chi connectivity index (χ2n) is 3.20. The lowest BCUT2D eigenvalue weighted by Gasteiger charge is -1.89. The Hall–Kier alpha value is -2.38. The summed E-state index contributed by atoms with van der Waals surface area (Å²) in [5.74, 6) is -2.91.